The van der Waals surface area contributed by atoms with Crippen molar-refractivity contribution >= 4 is 5.91 Å². The number of aryl methyl sites for hydroxylation is 1. The molecule has 0 N–H and O–H groups in total. The van der Waals surface area contributed by atoms with Gasteiger partial charge in [-0.2, -0.15) is 5.10 Å². The van der Waals surface area contributed by atoms with E-state index in [1.807, 2.05) is 35.2 Å². The molecular formula is C23H33N5O3. The summed E-state index contributed by atoms with van der Waals surface area (Å²) in [5, 5.41) is 4.51. The Labute approximate surface area is 183 Å². The zero-order chi connectivity index (χ0) is 21.6. The predicted molar refractivity (Wildman–Crippen MR) is 118 cm³/mol. The van der Waals surface area contributed by atoms with Gasteiger partial charge in [-0.3, -0.25) is 14.3 Å². The highest BCUT2D eigenvalue weighted by atomic mass is 16.5. The Hall–Kier alpha value is -2.45. The van der Waals surface area contributed by atoms with Crippen LogP contribution in [0.3, 0.4) is 0 Å². The van der Waals surface area contributed by atoms with Crippen molar-refractivity contribution in [2.24, 2.45) is 0 Å². The number of carbonyl (C=O) groups excluding carboxylic acids is 1. The summed E-state index contributed by atoms with van der Waals surface area (Å²) in [4.78, 5) is 30.5. The SMILES string of the molecule is CC(CN1CCOCC1)N(Cc1ccccc1)C(=O)Cn1nc2n(c1=O)CCCCC2. The summed E-state index contributed by atoms with van der Waals surface area (Å²) in [6.45, 7) is 7.30. The Morgan fingerprint density at radius 3 is 2.68 bits per heavy atom. The first-order chi connectivity index (χ1) is 15.1. The van der Waals surface area contributed by atoms with Crippen LogP contribution in [0, 0.1) is 0 Å². The number of carbonyl (C=O) groups is 1. The first kappa shape index (κ1) is 21.8. The highest BCUT2D eigenvalue weighted by molar-refractivity contribution is 5.76. The predicted octanol–water partition coefficient (Wildman–Crippen LogP) is 1.52. The van der Waals surface area contributed by atoms with Gasteiger partial charge in [0.05, 0.1) is 13.2 Å². The number of amides is 1. The van der Waals surface area contributed by atoms with Gasteiger partial charge in [-0.25, -0.2) is 9.48 Å². The third-order valence-corrected chi connectivity index (χ3v) is 6.24. The Kier molecular flexibility index (Phi) is 7.19. The van der Waals surface area contributed by atoms with E-state index in [2.05, 4.69) is 16.9 Å². The van der Waals surface area contributed by atoms with Gasteiger partial charge < -0.3 is 9.64 Å². The summed E-state index contributed by atoms with van der Waals surface area (Å²) in [6.07, 6.45) is 3.95. The second-order valence-corrected chi connectivity index (χ2v) is 8.59. The molecule has 0 bridgehead atoms. The van der Waals surface area contributed by atoms with E-state index in [-0.39, 0.29) is 24.2 Å². The molecule has 0 spiro atoms. The minimum Gasteiger partial charge on any atom is -0.379 e. The van der Waals surface area contributed by atoms with Crippen LogP contribution < -0.4 is 5.69 Å². The van der Waals surface area contributed by atoms with Gasteiger partial charge in [0.15, 0.2) is 0 Å². The number of fused-ring (bicyclic) bond motifs is 1. The number of rotatable bonds is 7. The first-order valence-electron chi connectivity index (χ1n) is 11.4. The van der Waals surface area contributed by atoms with Crippen molar-refractivity contribution in [2.75, 3.05) is 32.8 Å². The molecule has 1 unspecified atom stereocenters. The summed E-state index contributed by atoms with van der Waals surface area (Å²) in [5.41, 5.74) is 0.920. The van der Waals surface area contributed by atoms with E-state index in [0.717, 1.165) is 69.9 Å². The van der Waals surface area contributed by atoms with E-state index in [0.29, 0.717) is 13.1 Å². The number of hydrogen-bond acceptors (Lipinski definition) is 5. The van der Waals surface area contributed by atoms with Gasteiger partial charge in [0.25, 0.3) is 0 Å². The lowest BCUT2D eigenvalue weighted by Gasteiger charge is -2.35. The average Bonchev–Trinajstić information content (AvgIpc) is 2.94. The molecule has 0 aliphatic carbocycles. The third kappa shape index (κ3) is 5.43. The molecule has 1 aromatic heterocycles. The quantitative estimate of drug-likeness (QED) is 0.670. The summed E-state index contributed by atoms with van der Waals surface area (Å²) in [6, 6.07) is 10.0. The van der Waals surface area contributed by atoms with Crippen LogP contribution >= 0.6 is 0 Å². The molecule has 8 nitrogen and oxygen atoms in total. The monoisotopic (exact) mass is 427 g/mol. The van der Waals surface area contributed by atoms with Gasteiger partial charge in [0.1, 0.15) is 12.4 Å². The van der Waals surface area contributed by atoms with Crippen molar-refractivity contribution in [3.05, 3.63) is 52.2 Å². The van der Waals surface area contributed by atoms with Crippen molar-refractivity contribution < 1.29 is 9.53 Å². The van der Waals surface area contributed by atoms with E-state index in [9.17, 15) is 9.59 Å². The molecular weight excluding hydrogens is 394 g/mol. The van der Waals surface area contributed by atoms with Gasteiger partial charge in [0, 0.05) is 45.2 Å². The van der Waals surface area contributed by atoms with Gasteiger partial charge in [0.2, 0.25) is 5.91 Å². The molecule has 0 radical (unpaired) electrons. The molecule has 2 aliphatic heterocycles. The smallest absolute Gasteiger partial charge is 0.346 e. The Morgan fingerprint density at radius 2 is 1.90 bits per heavy atom. The van der Waals surface area contributed by atoms with Crippen LogP contribution in [0.25, 0.3) is 0 Å². The lowest BCUT2D eigenvalue weighted by atomic mass is 10.1. The molecule has 2 aliphatic rings. The second kappa shape index (κ2) is 10.2. The van der Waals surface area contributed by atoms with Crippen LogP contribution in [0.2, 0.25) is 0 Å². The maximum Gasteiger partial charge on any atom is 0.346 e. The minimum absolute atomic E-state index is 0.0148. The molecule has 31 heavy (non-hydrogen) atoms. The van der Waals surface area contributed by atoms with Crippen LogP contribution in [-0.4, -0.2) is 68.9 Å². The summed E-state index contributed by atoms with van der Waals surface area (Å²) in [7, 11) is 0. The van der Waals surface area contributed by atoms with Crippen molar-refractivity contribution in [3.8, 4) is 0 Å². The van der Waals surface area contributed by atoms with Gasteiger partial charge >= 0.3 is 5.69 Å². The fraction of sp³-hybridized carbons (Fsp3) is 0.609. The molecule has 1 fully saturated rings. The summed E-state index contributed by atoms with van der Waals surface area (Å²) < 4.78 is 8.57. The van der Waals surface area contributed by atoms with E-state index in [1.165, 1.54) is 4.68 Å². The van der Waals surface area contributed by atoms with E-state index < -0.39 is 0 Å². The molecule has 168 valence electrons. The van der Waals surface area contributed by atoms with E-state index >= 15 is 0 Å². The molecule has 2 aromatic rings. The van der Waals surface area contributed by atoms with Gasteiger partial charge in [-0.05, 0) is 25.3 Å². The van der Waals surface area contributed by atoms with Crippen LogP contribution in [0.15, 0.2) is 35.1 Å². The van der Waals surface area contributed by atoms with E-state index in [1.54, 1.807) is 4.57 Å². The number of nitrogens with zero attached hydrogens (tertiary/aromatic N) is 5. The molecule has 1 amide bonds. The van der Waals surface area contributed by atoms with Crippen LogP contribution in [0.1, 0.15) is 37.6 Å². The van der Waals surface area contributed by atoms with Crippen molar-refractivity contribution in [1.29, 1.82) is 0 Å². The number of benzene rings is 1. The topological polar surface area (TPSA) is 72.6 Å². The fourth-order valence-electron chi connectivity index (χ4n) is 4.47. The molecule has 1 aromatic carbocycles. The molecule has 3 heterocycles. The molecule has 1 atom stereocenters. The third-order valence-electron chi connectivity index (χ3n) is 6.24. The molecule has 8 heteroatoms. The summed E-state index contributed by atoms with van der Waals surface area (Å²) >= 11 is 0. The van der Waals surface area contributed by atoms with Crippen molar-refractivity contribution in [2.45, 2.75) is 58.3 Å². The standard InChI is InChI=1S/C23H33N5O3/c1-19(16-25-12-14-31-15-13-25)27(17-20-8-4-2-5-9-20)22(29)18-28-23(30)26-11-7-3-6-10-21(26)24-28/h2,4-5,8-9,19H,3,6-7,10-18H2,1H3. The second-order valence-electron chi connectivity index (χ2n) is 8.59. The molecule has 4 rings (SSSR count). The van der Waals surface area contributed by atoms with Crippen LogP contribution in [0.4, 0.5) is 0 Å². The highest BCUT2D eigenvalue weighted by Crippen LogP contribution is 2.13. The van der Waals surface area contributed by atoms with E-state index in [4.69, 9.17) is 4.74 Å². The Bertz CT molecular complexity index is 917. The zero-order valence-electron chi connectivity index (χ0n) is 18.4. The zero-order valence-corrected chi connectivity index (χ0v) is 18.4. The Morgan fingerprint density at radius 1 is 1.13 bits per heavy atom. The van der Waals surface area contributed by atoms with Crippen molar-refractivity contribution in [1.82, 2.24) is 24.1 Å². The largest absolute Gasteiger partial charge is 0.379 e. The Balaban J connectivity index is 1.51. The lowest BCUT2D eigenvalue weighted by molar-refractivity contribution is -0.135. The minimum atomic E-state index is -0.161. The number of ether oxygens (including phenoxy) is 1. The molecule has 1 saturated heterocycles. The van der Waals surface area contributed by atoms with Crippen molar-refractivity contribution in [3.63, 3.8) is 0 Å². The number of hydrogen-bond donors (Lipinski definition) is 0. The number of morpholine rings is 1. The number of aromatic nitrogens is 3. The first-order valence-corrected chi connectivity index (χ1v) is 11.4. The van der Waals surface area contributed by atoms with Gasteiger partial charge in [-0.15, -0.1) is 0 Å². The highest BCUT2D eigenvalue weighted by Gasteiger charge is 2.25. The average molecular weight is 428 g/mol. The van der Waals surface area contributed by atoms with Crippen LogP contribution in [0.5, 0.6) is 0 Å². The van der Waals surface area contributed by atoms with Gasteiger partial charge in [-0.1, -0.05) is 36.8 Å². The maximum atomic E-state index is 13.4. The lowest BCUT2D eigenvalue weighted by Crippen LogP contribution is -2.49. The normalized spacial score (nSPS) is 18.2. The maximum absolute atomic E-state index is 13.4. The fourth-order valence-corrected chi connectivity index (χ4v) is 4.47. The summed E-state index contributed by atoms with van der Waals surface area (Å²) in [5.74, 6) is 0.742. The molecule has 0 saturated carbocycles. The van der Waals surface area contributed by atoms with Crippen LogP contribution in [-0.2, 0) is 35.6 Å².